The first-order valence-electron chi connectivity index (χ1n) is 11.7. The van der Waals surface area contributed by atoms with Gasteiger partial charge in [0.1, 0.15) is 5.82 Å². The number of aliphatic imine (C=N–C) groups is 1. The molecule has 1 atom stereocenters. The van der Waals surface area contributed by atoms with Crippen LogP contribution < -0.4 is 5.32 Å². The molecule has 1 saturated heterocycles. The van der Waals surface area contributed by atoms with Crippen LogP contribution in [0.5, 0.6) is 0 Å². The van der Waals surface area contributed by atoms with Gasteiger partial charge in [-0.1, -0.05) is 30.3 Å². The summed E-state index contributed by atoms with van der Waals surface area (Å²) < 4.78 is 20.9. The summed E-state index contributed by atoms with van der Waals surface area (Å²) in [6.07, 6.45) is 3.76. The normalized spacial score (nSPS) is 15.9. The van der Waals surface area contributed by atoms with Gasteiger partial charge in [0.25, 0.3) is 0 Å². The maximum Gasteiger partial charge on any atom is 0.193 e. The quantitative estimate of drug-likeness (QED) is 0.228. The maximum atomic E-state index is 13.1. The molecule has 4 rings (SSSR count). The first kappa shape index (κ1) is 26.2. The summed E-state index contributed by atoms with van der Waals surface area (Å²) in [7, 11) is 0. The van der Waals surface area contributed by atoms with Crippen LogP contribution in [0.2, 0.25) is 0 Å². The van der Waals surface area contributed by atoms with Crippen LogP contribution in [0, 0.1) is 11.7 Å². The van der Waals surface area contributed by atoms with Gasteiger partial charge in [0.15, 0.2) is 5.96 Å². The van der Waals surface area contributed by atoms with Crippen molar-refractivity contribution < 1.29 is 9.13 Å². The number of halogens is 2. The van der Waals surface area contributed by atoms with Crippen LogP contribution in [0.4, 0.5) is 4.39 Å². The number of hydrogen-bond donors (Lipinski definition) is 1. The molecule has 6 nitrogen and oxygen atoms in total. The zero-order chi connectivity index (χ0) is 22.9. The van der Waals surface area contributed by atoms with E-state index in [9.17, 15) is 4.39 Å². The van der Waals surface area contributed by atoms with Gasteiger partial charge in [-0.2, -0.15) is 5.10 Å². The Balaban J connectivity index is 0.00000324. The molecule has 1 aliphatic heterocycles. The molecule has 1 N–H and O–H groups in total. The number of hydrogen-bond acceptors (Lipinski definition) is 3. The van der Waals surface area contributed by atoms with Crippen molar-refractivity contribution in [1.29, 1.82) is 0 Å². The van der Waals surface area contributed by atoms with Gasteiger partial charge in [-0.15, -0.1) is 24.0 Å². The second kappa shape index (κ2) is 13.4. The fourth-order valence-corrected chi connectivity index (χ4v) is 4.01. The highest BCUT2D eigenvalue weighted by Crippen LogP contribution is 2.17. The highest BCUT2D eigenvalue weighted by atomic mass is 127. The van der Waals surface area contributed by atoms with Crippen molar-refractivity contribution in [3.8, 4) is 5.69 Å². The van der Waals surface area contributed by atoms with E-state index >= 15 is 0 Å². The Morgan fingerprint density at radius 1 is 1.15 bits per heavy atom. The summed E-state index contributed by atoms with van der Waals surface area (Å²) in [5.74, 6) is 1.23. The first-order chi connectivity index (χ1) is 16.2. The molecule has 0 radical (unpaired) electrons. The van der Waals surface area contributed by atoms with Crippen molar-refractivity contribution in [1.82, 2.24) is 20.0 Å². The Bertz CT molecular complexity index is 1030. The number of aromatic nitrogens is 2. The molecule has 1 unspecified atom stereocenters. The number of likely N-dealkylation sites (tertiary alicyclic amines) is 1. The molecule has 0 aliphatic carbocycles. The van der Waals surface area contributed by atoms with Gasteiger partial charge in [-0.05, 0) is 49.2 Å². The van der Waals surface area contributed by atoms with E-state index in [1.807, 2.05) is 30.5 Å². The van der Waals surface area contributed by atoms with E-state index in [0.717, 1.165) is 56.4 Å². The average molecular weight is 577 g/mol. The summed E-state index contributed by atoms with van der Waals surface area (Å²) in [6.45, 7) is 6.97. The summed E-state index contributed by atoms with van der Waals surface area (Å²) >= 11 is 0. The molecule has 34 heavy (non-hydrogen) atoms. The lowest BCUT2D eigenvalue weighted by Crippen LogP contribution is -2.40. The minimum absolute atomic E-state index is 0. The SMILES string of the molecule is CCNC(=NCCc1ccn(-c2ccc(F)cc2)n1)N1CCC(COCc2ccccc2)C1.I. The molecule has 2 heterocycles. The smallest absolute Gasteiger partial charge is 0.193 e. The molecule has 0 amide bonds. The third kappa shape index (κ3) is 7.53. The van der Waals surface area contributed by atoms with E-state index in [1.54, 1.807) is 16.8 Å². The number of benzene rings is 2. The van der Waals surface area contributed by atoms with Gasteiger partial charge in [0, 0.05) is 44.7 Å². The third-order valence-corrected chi connectivity index (χ3v) is 5.75. The molecule has 1 aliphatic rings. The Hall–Kier alpha value is -2.46. The van der Waals surface area contributed by atoms with E-state index in [2.05, 4.69) is 34.4 Å². The van der Waals surface area contributed by atoms with Gasteiger partial charge in [-0.3, -0.25) is 4.99 Å². The maximum absolute atomic E-state index is 13.1. The predicted octanol–water partition coefficient (Wildman–Crippen LogP) is 4.68. The largest absolute Gasteiger partial charge is 0.376 e. The van der Waals surface area contributed by atoms with Gasteiger partial charge in [-0.25, -0.2) is 9.07 Å². The highest BCUT2D eigenvalue weighted by Gasteiger charge is 2.25. The zero-order valence-corrected chi connectivity index (χ0v) is 21.9. The Morgan fingerprint density at radius 3 is 2.71 bits per heavy atom. The van der Waals surface area contributed by atoms with Crippen molar-refractivity contribution in [3.63, 3.8) is 0 Å². The summed E-state index contributed by atoms with van der Waals surface area (Å²) in [4.78, 5) is 7.17. The Morgan fingerprint density at radius 2 is 1.94 bits per heavy atom. The minimum Gasteiger partial charge on any atom is -0.376 e. The molecule has 0 saturated carbocycles. The molecule has 182 valence electrons. The number of rotatable bonds is 9. The van der Waals surface area contributed by atoms with Gasteiger partial charge < -0.3 is 15.0 Å². The van der Waals surface area contributed by atoms with E-state index in [1.165, 1.54) is 17.7 Å². The van der Waals surface area contributed by atoms with Crippen LogP contribution in [0.15, 0.2) is 71.9 Å². The van der Waals surface area contributed by atoms with Crippen LogP contribution in [-0.4, -0.2) is 53.4 Å². The predicted molar refractivity (Wildman–Crippen MR) is 144 cm³/mol. The van der Waals surface area contributed by atoms with Crippen molar-refractivity contribution >= 4 is 29.9 Å². The summed E-state index contributed by atoms with van der Waals surface area (Å²) in [6, 6.07) is 18.6. The number of nitrogens with zero attached hydrogens (tertiary/aromatic N) is 4. The molecule has 0 spiro atoms. The van der Waals surface area contributed by atoms with Crippen LogP contribution in [0.25, 0.3) is 5.69 Å². The molecule has 0 bridgehead atoms. The minimum atomic E-state index is -0.247. The molecular weight excluding hydrogens is 544 g/mol. The fraction of sp³-hybridized carbons (Fsp3) is 0.385. The monoisotopic (exact) mass is 577 g/mol. The van der Waals surface area contributed by atoms with Gasteiger partial charge in [0.2, 0.25) is 0 Å². The second-order valence-corrected chi connectivity index (χ2v) is 8.32. The molecule has 3 aromatic rings. The van der Waals surface area contributed by atoms with Crippen molar-refractivity contribution in [3.05, 3.63) is 83.9 Å². The topological polar surface area (TPSA) is 54.7 Å². The van der Waals surface area contributed by atoms with E-state index in [0.29, 0.717) is 19.1 Å². The van der Waals surface area contributed by atoms with E-state index < -0.39 is 0 Å². The van der Waals surface area contributed by atoms with Crippen molar-refractivity contribution in [2.75, 3.05) is 32.8 Å². The lowest BCUT2D eigenvalue weighted by Gasteiger charge is -2.21. The molecular formula is C26H33FIN5O. The standard InChI is InChI=1S/C26H32FN5O.HI/c1-2-28-26(31-16-13-22(18-31)20-33-19-21-6-4-3-5-7-21)29-15-12-24-14-17-32(30-24)25-10-8-23(27)9-11-25;/h3-11,14,17,22H,2,12-13,15-16,18-20H2,1H3,(H,28,29);1H. The molecule has 1 fully saturated rings. The van der Waals surface area contributed by atoms with Gasteiger partial charge >= 0.3 is 0 Å². The highest BCUT2D eigenvalue weighted by molar-refractivity contribution is 14.0. The van der Waals surface area contributed by atoms with Gasteiger partial charge in [0.05, 0.1) is 24.6 Å². The van der Waals surface area contributed by atoms with Crippen molar-refractivity contribution in [2.45, 2.75) is 26.4 Å². The van der Waals surface area contributed by atoms with Crippen LogP contribution in [-0.2, 0) is 17.8 Å². The lowest BCUT2D eigenvalue weighted by atomic mass is 10.1. The fourth-order valence-electron chi connectivity index (χ4n) is 4.01. The Labute approximate surface area is 218 Å². The number of guanidine groups is 1. The zero-order valence-electron chi connectivity index (χ0n) is 19.6. The molecule has 8 heteroatoms. The first-order valence-corrected chi connectivity index (χ1v) is 11.7. The summed E-state index contributed by atoms with van der Waals surface area (Å²) in [5, 5.41) is 8.02. The second-order valence-electron chi connectivity index (χ2n) is 8.32. The molecule has 1 aromatic heterocycles. The summed E-state index contributed by atoms with van der Waals surface area (Å²) in [5.41, 5.74) is 3.02. The Kier molecular flexibility index (Phi) is 10.3. The average Bonchev–Trinajstić information content (AvgIpc) is 3.50. The van der Waals surface area contributed by atoms with E-state index in [-0.39, 0.29) is 29.8 Å². The molecule has 2 aromatic carbocycles. The third-order valence-electron chi connectivity index (χ3n) is 5.75. The van der Waals surface area contributed by atoms with Crippen LogP contribution >= 0.6 is 24.0 Å². The number of nitrogens with one attached hydrogen (secondary N) is 1. The lowest BCUT2D eigenvalue weighted by molar-refractivity contribution is 0.0907. The van der Waals surface area contributed by atoms with Crippen LogP contribution in [0.1, 0.15) is 24.6 Å². The number of ether oxygens (including phenoxy) is 1. The van der Waals surface area contributed by atoms with Crippen LogP contribution in [0.3, 0.4) is 0 Å². The van der Waals surface area contributed by atoms with E-state index in [4.69, 9.17) is 9.73 Å². The van der Waals surface area contributed by atoms with Crippen molar-refractivity contribution in [2.24, 2.45) is 10.9 Å².